The minimum absolute atomic E-state index is 0.00941. The summed E-state index contributed by atoms with van der Waals surface area (Å²) in [5.74, 6) is -0.357. The number of benzene rings is 1. The van der Waals surface area contributed by atoms with Crippen LogP contribution in [0.15, 0.2) is 18.2 Å². The first kappa shape index (κ1) is 12.5. The van der Waals surface area contributed by atoms with E-state index in [9.17, 15) is 9.90 Å². The van der Waals surface area contributed by atoms with Gasteiger partial charge in [0.1, 0.15) is 5.75 Å². The number of phenolic OH excluding ortho intramolecular Hbond substituents is 1. The van der Waals surface area contributed by atoms with Crippen molar-refractivity contribution in [2.24, 2.45) is 5.73 Å². The highest BCUT2D eigenvalue weighted by Gasteiger charge is 2.12. The summed E-state index contributed by atoms with van der Waals surface area (Å²) in [6.45, 7) is -0.269. The zero-order valence-corrected chi connectivity index (χ0v) is 9.01. The number of carbonyl (C=O) groups is 1. The zero-order chi connectivity index (χ0) is 12.1. The minimum atomic E-state index is -0.655. The van der Waals surface area contributed by atoms with Crippen LogP contribution in [-0.2, 0) is 16.0 Å². The lowest BCUT2D eigenvalue weighted by Crippen LogP contribution is -2.15. The third kappa shape index (κ3) is 2.95. The van der Waals surface area contributed by atoms with Crippen LogP contribution in [0.1, 0.15) is 17.2 Å². The number of aliphatic hydroxyl groups excluding tert-OH is 1. The van der Waals surface area contributed by atoms with Gasteiger partial charge in [-0.1, -0.05) is 6.07 Å². The zero-order valence-electron chi connectivity index (χ0n) is 9.01. The molecule has 4 N–H and O–H groups in total. The first-order valence-electron chi connectivity index (χ1n) is 4.83. The molecule has 0 aromatic heterocycles. The van der Waals surface area contributed by atoms with Gasteiger partial charge in [0, 0.05) is 5.56 Å². The van der Waals surface area contributed by atoms with Gasteiger partial charge in [-0.3, -0.25) is 4.79 Å². The molecule has 88 valence electrons. The number of hydrogen-bond donors (Lipinski definition) is 3. The van der Waals surface area contributed by atoms with Gasteiger partial charge >= 0.3 is 5.97 Å². The number of nitrogens with two attached hydrogens (primary N) is 1. The van der Waals surface area contributed by atoms with E-state index >= 15 is 0 Å². The smallest absolute Gasteiger partial charge is 0.309 e. The van der Waals surface area contributed by atoms with E-state index in [2.05, 4.69) is 4.74 Å². The second kappa shape index (κ2) is 5.48. The molecule has 0 saturated heterocycles. The van der Waals surface area contributed by atoms with Crippen molar-refractivity contribution >= 4 is 5.97 Å². The molecule has 0 aliphatic heterocycles. The molecule has 5 nitrogen and oxygen atoms in total. The van der Waals surface area contributed by atoms with Gasteiger partial charge in [0.15, 0.2) is 0 Å². The van der Waals surface area contributed by atoms with E-state index in [0.717, 1.165) is 0 Å². The van der Waals surface area contributed by atoms with Crippen LogP contribution < -0.4 is 5.73 Å². The normalized spacial score (nSPS) is 12.2. The fourth-order valence-electron chi connectivity index (χ4n) is 1.35. The number of aliphatic hydroxyl groups is 1. The fraction of sp³-hybridized carbons (Fsp3) is 0.364. The van der Waals surface area contributed by atoms with E-state index in [-0.39, 0.29) is 24.7 Å². The Morgan fingerprint density at radius 2 is 2.25 bits per heavy atom. The summed E-state index contributed by atoms with van der Waals surface area (Å²) in [7, 11) is 1.31. The lowest BCUT2D eigenvalue weighted by molar-refractivity contribution is -0.139. The molecule has 0 heterocycles. The van der Waals surface area contributed by atoms with E-state index in [0.29, 0.717) is 11.1 Å². The Morgan fingerprint density at radius 3 is 2.81 bits per heavy atom. The maximum atomic E-state index is 11.1. The molecule has 1 aromatic rings. The van der Waals surface area contributed by atoms with Gasteiger partial charge in [0.2, 0.25) is 0 Å². The van der Waals surface area contributed by atoms with Crippen molar-refractivity contribution in [1.82, 2.24) is 0 Å². The second-order valence-electron chi connectivity index (χ2n) is 3.44. The van der Waals surface area contributed by atoms with Crippen molar-refractivity contribution in [3.63, 3.8) is 0 Å². The topological polar surface area (TPSA) is 92.8 Å². The highest BCUT2D eigenvalue weighted by molar-refractivity contribution is 5.72. The molecule has 0 aliphatic rings. The first-order chi connectivity index (χ1) is 7.58. The van der Waals surface area contributed by atoms with Crippen molar-refractivity contribution in [1.29, 1.82) is 0 Å². The Kier molecular flexibility index (Phi) is 4.28. The highest BCUT2D eigenvalue weighted by atomic mass is 16.5. The summed E-state index contributed by atoms with van der Waals surface area (Å²) < 4.78 is 4.53. The molecular formula is C11H15NO4. The number of ether oxygens (including phenoxy) is 1. The van der Waals surface area contributed by atoms with E-state index < -0.39 is 6.04 Å². The average molecular weight is 225 g/mol. The number of phenols is 1. The fourth-order valence-corrected chi connectivity index (χ4v) is 1.35. The Balaban J connectivity index is 2.93. The summed E-state index contributed by atoms with van der Waals surface area (Å²) in [5.41, 5.74) is 6.71. The van der Waals surface area contributed by atoms with Gasteiger partial charge in [-0.15, -0.1) is 0 Å². The van der Waals surface area contributed by atoms with Gasteiger partial charge in [-0.25, -0.2) is 0 Å². The van der Waals surface area contributed by atoms with Crippen molar-refractivity contribution in [2.75, 3.05) is 13.7 Å². The van der Waals surface area contributed by atoms with Crippen LogP contribution in [0.5, 0.6) is 5.75 Å². The number of carbonyl (C=O) groups excluding carboxylic acids is 1. The van der Waals surface area contributed by atoms with E-state index in [1.165, 1.54) is 13.2 Å². The van der Waals surface area contributed by atoms with Gasteiger partial charge in [0.05, 0.1) is 26.2 Å². The molecule has 0 bridgehead atoms. The van der Waals surface area contributed by atoms with Gasteiger partial charge < -0.3 is 20.7 Å². The van der Waals surface area contributed by atoms with Crippen LogP contribution in [0.4, 0.5) is 0 Å². The standard InChI is InChI=1S/C11H15NO4/c1-16-11(15)5-7-2-3-10(14)8(4-7)9(12)6-13/h2-4,9,13-14H,5-6,12H2,1H3/t9-/m0/s1. The molecule has 1 atom stereocenters. The van der Waals surface area contributed by atoms with Gasteiger partial charge in [-0.2, -0.15) is 0 Å². The van der Waals surface area contributed by atoms with Crippen LogP contribution in [-0.4, -0.2) is 29.9 Å². The Hall–Kier alpha value is -1.59. The van der Waals surface area contributed by atoms with Crippen LogP contribution in [0.25, 0.3) is 0 Å². The molecule has 0 spiro atoms. The van der Waals surface area contributed by atoms with Gasteiger partial charge in [-0.05, 0) is 17.7 Å². The molecule has 0 radical (unpaired) electrons. The van der Waals surface area contributed by atoms with Crippen LogP contribution in [0.3, 0.4) is 0 Å². The number of esters is 1. The molecule has 1 rings (SSSR count). The average Bonchev–Trinajstić information content (AvgIpc) is 2.30. The number of rotatable bonds is 4. The molecule has 1 aromatic carbocycles. The quantitative estimate of drug-likeness (QED) is 0.632. The first-order valence-corrected chi connectivity index (χ1v) is 4.83. The molecule has 0 aliphatic carbocycles. The SMILES string of the molecule is COC(=O)Cc1ccc(O)c([C@@H](N)CO)c1. The van der Waals surface area contributed by atoms with Crippen molar-refractivity contribution in [3.8, 4) is 5.75 Å². The molecule has 16 heavy (non-hydrogen) atoms. The number of hydrogen-bond acceptors (Lipinski definition) is 5. The highest BCUT2D eigenvalue weighted by Crippen LogP contribution is 2.24. The Morgan fingerprint density at radius 1 is 1.56 bits per heavy atom. The molecule has 0 amide bonds. The van der Waals surface area contributed by atoms with Crippen LogP contribution in [0, 0.1) is 0 Å². The molecule has 0 saturated carbocycles. The third-order valence-electron chi connectivity index (χ3n) is 2.26. The van der Waals surface area contributed by atoms with E-state index in [1.54, 1.807) is 12.1 Å². The van der Waals surface area contributed by atoms with E-state index in [4.69, 9.17) is 10.8 Å². The summed E-state index contributed by atoms with van der Waals surface area (Å²) in [4.78, 5) is 11.1. The van der Waals surface area contributed by atoms with Crippen LogP contribution in [0.2, 0.25) is 0 Å². The predicted octanol–water partition coefficient (Wildman–Crippen LogP) is 0.0998. The summed E-state index contributed by atoms with van der Waals surface area (Å²) in [6, 6.07) is 3.99. The van der Waals surface area contributed by atoms with Crippen molar-refractivity contribution in [3.05, 3.63) is 29.3 Å². The Labute approximate surface area is 93.5 Å². The van der Waals surface area contributed by atoms with E-state index in [1.807, 2.05) is 0 Å². The maximum Gasteiger partial charge on any atom is 0.309 e. The summed E-state index contributed by atoms with van der Waals surface area (Å²) in [6.07, 6.45) is 0.113. The van der Waals surface area contributed by atoms with Crippen molar-refractivity contribution in [2.45, 2.75) is 12.5 Å². The number of aromatic hydroxyl groups is 1. The molecule has 0 unspecified atom stereocenters. The largest absolute Gasteiger partial charge is 0.508 e. The van der Waals surface area contributed by atoms with Crippen LogP contribution >= 0.6 is 0 Å². The lowest BCUT2D eigenvalue weighted by atomic mass is 10.0. The van der Waals surface area contributed by atoms with Crippen molar-refractivity contribution < 1.29 is 19.7 Å². The second-order valence-corrected chi connectivity index (χ2v) is 3.44. The molecule has 0 fully saturated rings. The number of methoxy groups -OCH3 is 1. The maximum absolute atomic E-state index is 11.1. The predicted molar refractivity (Wildman–Crippen MR) is 57.8 cm³/mol. The lowest BCUT2D eigenvalue weighted by Gasteiger charge is -2.12. The van der Waals surface area contributed by atoms with Gasteiger partial charge in [0.25, 0.3) is 0 Å². The molecular weight excluding hydrogens is 210 g/mol. The third-order valence-corrected chi connectivity index (χ3v) is 2.26. The monoisotopic (exact) mass is 225 g/mol. The molecule has 5 heteroatoms. The minimum Gasteiger partial charge on any atom is -0.508 e. The summed E-state index contributed by atoms with van der Waals surface area (Å²) in [5, 5.41) is 18.4. The summed E-state index contributed by atoms with van der Waals surface area (Å²) >= 11 is 0. The Bertz CT molecular complexity index is 378.